The predicted octanol–water partition coefficient (Wildman–Crippen LogP) is 1.38. The van der Waals surface area contributed by atoms with E-state index in [1.54, 1.807) is 18.7 Å². The molecular weight excluding hydrogens is 278 g/mol. The summed E-state index contributed by atoms with van der Waals surface area (Å²) in [6.07, 6.45) is 5.19. The zero-order valence-electron chi connectivity index (χ0n) is 12.4. The van der Waals surface area contributed by atoms with Crippen molar-refractivity contribution >= 4 is 22.8 Å². The van der Waals surface area contributed by atoms with E-state index in [4.69, 9.17) is 0 Å². The summed E-state index contributed by atoms with van der Waals surface area (Å²) in [5, 5.41) is 1.09. The smallest absolute Gasteiger partial charge is 0.225 e. The molecule has 0 bridgehead atoms. The molecule has 0 amide bonds. The fourth-order valence-corrected chi connectivity index (χ4v) is 2.88. The molecule has 0 radical (unpaired) electrons. The molecule has 4 rings (SSSR count). The Hall–Kier alpha value is -2.70. The molecule has 0 spiro atoms. The van der Waals surface area contributed by atoms with Crippen LogP contribution in [0.15, 0.2) is 30.9 Å². The summed E-state index contributed by atoms with van der Waals surface area (Å²) in [6, 6.07) is 3.95. The number of anilines is 2. The number of fused-ring (bicyclic) bond motifs is 1. The van der Waals surface area contributed by atoms with E-state index in [0.29, 0.717) is 0 Å². The van der Waals surface area contributed by atoms with Gasteiger partial charge in [-0.25, -0.2) is 19.9 Å². The molecule has 0 atom stereocenters. The third-order valence-corrected chi connectivity index (χ3v) is 3.95. The van der Waals surface area contributed by atoms with E-state index in [9.17, 15) is 0 Å². The lowest BCUT2D eigenvalue weighted by atomic mass is 10.2. The van der Waals surface area contributed by atoms with Crippen LogP contribution in [0.2, 0.25) is 0 Å². The van der Waals surface area contributed by atoms with Gasteiger partial charge in [-0.15, -0.1) is 0 Å². The van der Waals surface area contributed by atoms with Crippen LogP contribution in [0.4, 0.5) is 11.8 Å². The second kappa shape index (κ2) is 5.25. The van der Waals surface area contributed by atoms with Crippen molar-refractivity contribution in [2.45, 2.75) is 6.92 Å². The Morgan fingerprint density at radius 1 is 0.955 bits per heavy atom. The molecule has 7 nitrogen and oxygen atoms in total. The highest BCUT2D eigenvalue weighted by atomic mass is 15.3. The van der Waals surface area contributed by atoms with E-state index in [1.165, 1.54) is 0 Å². The number of aryl methyl sites for hydroxylation is 1. The van der Waals surface area contributed by atoms with E-state index >= 15 is 0 Å². The molecule has 0 aliphatic carbocycles. The molecule has 112 valence electrons. The Kier molecular flexibility index (Phi) is 3.10. The fourth-order valence-electron chi connectivity index (χ4n) is 2.88. The zero-order chi connectivity index (χ0) is 14.9. The van der Waals surface area contributed by atoms with Crippen molar-refractivity contribution in [2.24, 2.45) is 0 Å². The Morgan fingerprint density at radius 2 is 1.68 bits per heavy atom. The Morgan fingerprint density at radius 3 is 2.45 bits per heavy atom. The van der Waals surface area contributed by atoms with Gasteiger partial charge in [0.25, 0.3) is 0 Å². The summed E-state index contributed by atoms with van der Waals surface area (Å²) in [4.78, 5) is 25.2. The van der Waals surface area contributed by atoms with Gasteiger partial charge < -0.3 is 14.8 Å². The highest BCUT2D eigenvalue weighted by Gasteiger charge is 2.21. The van der Waals surface area contributed by atoms with Crippen molar-refractivity contribution < 1.29 is 0 Å². The molecule has 0 aromatic carbocycles. The van der Waals surface area contributed by atoms with Gasteiger partial charge in [-0.1, -0.05) is 0 Å². The van der Waals surface area contributed by atoms with Crippen molar-refractivity contribution in [2.75, 3.05) is 36.0 Å². The number of aromatic nitrogens is 5. The minimum absolute atomic E-state index is 0.799. The molecule has 3 aromatic rings. The van der Waals surface area contributed by atoms with Crippen molar-refractivity contribution in [3.63, 3.8) is 0 Å². The van der Waals surface area contributed by atoms with Crippen LogP contribution >= 0.6 is 0 Å². The summed E-state index contributed by atoms with van der Waals surface area (Å²) >= 11 is 0. The third kappa shape index (κ3) is 2.24. The standard InChI is InChI=1S/C15H17N7/c1-11-9-12-13(20-11)18-10-19-14(12)21-5-7-22(8-6-21)15-16-3-2-4-17-15/h2-4,9-10H,5-8H2,1H3,(H,18,19,20). The van der Waals surface area contributed by atoms with Crippen molar-refractivity contribution in [3.05, 3.63) is 36.5 Å². The Bertz CT molecular complexity index is 775. The van der Waals surface area contributed by atoms with Crippen LogP contribution in [-0.4, -0.2) is 51.1 Å². The zero-order valence-corrected chi connectivity index (χ0v) is 12.4. The molecule has 22 heavy (non-hydrogen) atoms. The maximum atomic E-state index is 4.49. The molecule has 0 saturated carbocycles. The normalized spacial score (nSPS) is 15.5. The molecule has 0 unspecified atom stereocenters. The van der Waals surface area contributed by atoms with Gasteiger partial charge >= 0.3 is 0 Å². The average Bonchev–Trinajstić information content (AvgIpc) is 2.96. The third-order valence-electron chi connectivity index (χ3n) is 3.95. The van der Waals surface area contributed by atoms with Crippen LogP contribution in [0.25, 0.3) is 11.0 Å². The highest BCUT2D eigenvalue weighted by molar-refractivity contribution is 5.88. The first-order valence-corrected chi connectivity index (χ1v) is 7.38. The van der Waals surface area contributed by atoms with Gasteiger partial charge in [0.15, 0.2) is 0 Å². The van der Waals surface area contributed by atoms with E-state index in [0.717, 1.165) is 54.7 Å². The van der Waals surface area contributed by atoms with E-state index in [-0.39, 0.29) is 0 Å². The summed E-state index contributed by atoms with van der Waals surface area (Å²) in [5.41, 5.74) is 2.00. The summed E-state index contributed by atoms with van der Waals surface area (Å²) in [7, 11) is 0. The second-order valence-corrected chi connectivity index (χ2v) is 5.43. The van der Waals surface area contributed by atoms with Gasteiger partial charge in [0.1, 0.15) is 17.8 Å². The molecule has 1 aliphatic rings. The van der Waals surface area contributed by atoms with Crippen LogP contribution in [-0.2, 0) is 0 Å². The maximum absolute atomic E-state index is 4.49. The first-order chi connectivity index (χ1) is 10.8. The molecule has 1 aliphatic heterocycles. The van der Waals surface area contributed by atoms with Crippen LogP contribution in [0.3, 0.4) is 0 Å². The number of hydrogen-bond acceptors (Lipinski definition) is 6. The van der Waals surface area contributed by atoms with Crippen LogP contribution in [0, 0.1) is 6.92 Å². The summed E-state index contributed by atoms with van der Waals surface area (Å²) in [6.45, 7) is 5.61. The predicted molar refractivity (Wildman–Crippen MR) is 85.1 cm³/mol. The molecule has 1 fully saturated rings. The first kappa shape index (κ1) is 13.0. The minimum atomic E-state index is 0.799. The van der Waals surface area contributed by atoms with Gasteiger partial charge in [-0.05, 0) is 19.1 Å². The van der Waals surface area contributed by atoms with Gasteiger partial charge in [0.05, 0.1) is 5.39 Å². The van der Waals surface area contributed by atoms with Crippen molar-refractivity contribution in [1.82, 2.24) is 24.9 Å². The van der Waals surface area contributed by atoms with Crippen molar-refractivity contribution in [1.29, 1.82) is 0 Å². The molecule has 4 heterocycles. The van der Waals surface area contributed by atoms with Crippen molar-refractivity contribution in [3.8, 4) is 0 Å². The summed E-state index contributed by atoms with van der Waals surface area (Å²) in [5.74, 6) is 1.80. The van der Waals surface area contributed by atoms with E-state index < -0.39 is 0 Å². The lowest BCUT2D eigenvalue weighted by Crippen LogP contribution is -2.47. The number of nitrogens with zero attached hydrogens (tertiary/aromatic N) is 6. The topological polar surface area (TPSA) is 73.8 Å². The average molecular weight is 295 g/mol. The van der Waals surface area contributed by atoms with Gasteiger partial charge in [0.2, 0.25) is 5.95 Å². The number of nitrogens with one attached hydrogen (secondary N) is 1. The van der Waals surface area contributed by atoms with Crippen LogP contribution < -0.4 is 9.80 Å². The largest absolute Gasteiger partial charge is 0.352 e. The number of H-pyrrole nitrogens is 1. The van der Waals surface area contributed by atoms with Gasteiger partial charge in [0, 0.05) is 44.3 Å². The molecular formula is C15H17N7. The van der Waals surface area contributed by atoms with E-state index in [2.05, 4.69) is 40.8 Å². The van der Waals surface area contributed by atoms with Gasteiger partial charge in [-0.2, -0.15) is 0 Å². The Balaban J connectivity index is 1.56. The monoisotopic (exact) mass is 295 g/mol. The quantitative estimate of drug-likeness (QED) is 0.770. The molecule has 1 N–H and O–H groups in total. The van der Waals surface area contributed by atoms with Crippen LogP contribution in [0.5, 0.6) is 0 Å². The number of aromatic amines is 1. The minimum Gasteiger partial charge on any atom is -0.352 e. The highest BCUT2D eigenvalue weighted by Crippen LogP contribution is 2.24. The lowest BCUT2D eigenvalue weighted by Gasteiger charge is -2.35. The SMILES string of the molecule is Cc1cc2c(N3CCN(c4ncccn4)CC3)ncnc2[nH]1. The first-order valence-electron chi connectivity index (χ1n) is 7.38. The number of rotatable bonds is 2. The fraction of sp³-hybridized carbons (Fsp3) is 0.333. The molecule has 7 heteroatoms. The summed E-state index contributed by atoms with van der Waals surface area (Å²) < 4.78 is 0. The number of hydrogen-bond donors (Lipinski definition) is 1. The van der Waals surface area contributed by atoms with E-state index in [1.807, 2.05) is 13.0 Å². The van der Waals surface area contributed by atoms with Gasteiger partial charge in [-0.3, -0.25) is 0 Å². The maximum Gasteiger partial charge on any atom is 0.225 e. The Labute approximate surface area is 128 Å². The molecule has 3 aromatic heterocycles. The lowest BCUT2D eigenvalue weighted by molar-refractivity contribution is 0.636. The second-order valence-electron chi connectivity index (χ2n) is 5.43. The number of piperazine rings is 1. The molecule has 1 saturated heterocycles. The van der Waals surface area contributed by atoms with Crippen LogP contribution in [0.1, 0.15) is 5.69 Å².